The molecule has 0 unspecified atom stereocenters. The molecule has 2 atom stereocenters. The van der Waals surface area contributed by atoms with Gasteiger partial charge in [-0.05, 0) is 38.1 Å². The molecule has 196 valence electrons. The quantitative estimate of drug-likeness (QED) is 0.115. The number of ketones is 1. The van der Waals surface area contributed by atoms with Crippen molar-refractivity contribution in [2.24, 2.45) is 17.6 Å². The van der Waals surface area contributed by atoms with Gasteiger partial charge in [0.2, 0.25) is 5.91 Å². The van der Waals surface area contributed by atoms with E-state index in [-0.39, 0.29) is 36.5 Å². The molecule has 5 amide bonds. The lowest BCUT2D eigenvalue weighted by atomic mass is 9.89. The number of nitrogens with zero attached hydrogens (tertiary/aromatic N) is 1. The number of nitrogens with two attached hydrogens (primary N) is 1. The summed E-state index contributed by atoms with van der Waals surface area (Å²) in [6, 6.07) is -1.13. The first-order valence-electron chi connectivity index (χ1n) is 12.6. The Bertz CT molecular complexity index is 814. The number of nitrogens with one attached hydrogen (secondary N) is 3. The lowest BCUT2D eigenvalue weighted by molar-refractivity contribution is -0.136. The minimum Gasteiger partial charge on any atom is -0.352 e. The molecule has 11 nitrogen and oxygen atoms in total. The number of hydrogen-bond acceptors (Lipinski definition) is 7. The number of Topliss-reactive ketones (excluding diaryl/α,β-unsaturated/α-hetero) is 1. The summed E-state index contributed by atoms with van der Waals surface area (Å²) >= 11 is 0. The van der Waals surface area contributed by atoms with Crippen molar-refractivity contribution in [2.75, 3.05) is 26.2 Å². The summed E-state index contributed by atoms with van der Waals surface area (Å²) in [5.74, 6) is -1.85. The number of urea groups is 1. The Hall–Kier alpha value is -3.08. The lowest BCUT2D eigenvalue weighted by Crippen LogP contribution is -2.44. The van der Waals surface area contributed by atoms with Crippen LogP contribution in [0.1, 0.15) is 60.2 Å². The van der Waals surface area contributed by atoms with Gasteiger partial charge >= 0.3 is 6.03 Å². The van der Waals surface area contributed by atoms with Gasteiger partial charge in [-0.25, -0.2) is 4.79 Å². The molecule has 5 N–H and O–H groups in total. The van der Waals surface area contributed by atoms with Gasteiger partial charge < -0.3 is 26.5 Å². The number of imide groups is 1. The molecule has 35 heavy (non-hydrogen) atoms. The second kappa shape index (κ2) is 16.5. The van der Waals surface area contributed by atoms with Gasteiger partial charge in [0.05, 0.1) is 12.6 Å². The summed E-state index contributed by atoms with van der Waals surface area (Å²) in [6.45, 7) is 4.66. The second-order valence-corrected chi connectivity index (χ2v) is 8.91. The van der Waals surface area contributed by atoms with E-state index in [1.165, 1.54) is 17.1 Å². The maximum atomic E-state index is 13.0. The smallest absolute Gasteiger partial charge is 0.312 e. The number of rotatable bonds is 19. The van der Waals surface area contributed by atoms with E-state index < -0.39 is 36.7 Å². The highest BCUT2D eigenvalue weighted by atomic mass is 16.2. The first-order chi connectivity index (χ1) is 17.0. The number of hydrogen-bond donors (Lipinski definition) is 4. The number of aldehydes is 1. The van der Waals surface area contributed by atoms with E-state index in [1.807, 2.05) is 13.8 Å². The van der Waals surface area contributed by atoms with Crippen molar-refractivity contribution in [1.82, 2.24) is 20.9 Å². The van der Waals surface area contributed by atoms with Crippen LogP contribution in [0.15, 0.2) is 12.2 Å². The minimum atomic E-state index is -0.930. The predicted molar refractivity (Wildman–Crippen MR) is 130 cm³/mol. The molecule has 0 spiro atoms. The summed E-state index contributed by atoms with van der Waals surface area (Å²) in [4.78, 5) is 71.6. The van der Waals surface area contributed by atoms with Crippen LogP contribution in [-0.2, 0) is 24.0 Å². The second-order valence-electron chi connectivity index (χ2n) is 8.91. The van der Waals surface area contributed by atoms with Gasteiger partial charge in [-0.15, -0.1) is 0 Å². The van der Waals surface area contributed by atoms with E-state index in [9.17, 15) is 28.8 Å². The zero-order valence-electron chi connectivity index (χ0n) is 21.6. The first-order valence-corrected chi connectivity index (χ1v) is 12.1. The largest absolute Gasteiger partial charge is 0.352 e. The molecule has 11 heteroatoms. The van der Waals surface area contributed by atoms with Crippen LogP contribution in [0.25, 0.3) is 0 Å². The van der Waals surface area contributed by atoms with Crippen LogP contribution in [0.2, 0.25) is 0 Å². The van der Waals surface area contributed by atoms with Gasteiger partial charge in [-0.3, -0.25) is 24.1 Å². The fourth-order valence-corrected chi connectivity index (χ4v) is 3.90. The number of amides is 5. The molecule has 0 aromatic heterocycles. The molecular weight excluding hydrogens is 454 g/mol. The molecule has 0 saturated heterocycles. The van der Waals surface area contributed by atoms with Crippen LogP contribution >= 0.6 is 0 Å². The van der Waals surface area contributed by atoms with E-state index in [0.29, 0.717) is 32.4 Å². The Balaban J connectivity index is 2.48. The molecule has 0 fully saturated rings. The topological polar surface area (TPSA) is 168 Å². The fourth-order valence-electron chi connectivity index (χ4n) is 3.90. The average molecular weight is 495 g/mol. The van der Waals surface area contributed by atoms with Crippen molar-refractivity contribution < 1.29 is 30.1 Å². The van der Waals surface area contributed by atoms with E-state index in [1.54, 1.807) is 0 Å². The summed E-state index contributed by atoms with van der Waals surface area (Å²) < 4.78 is 6.96. The van der Waals surface area contributed by atoms with E-state index in [0.717, 1.165) is 19.3 Å². The van der Waals surface area contributed by atoms with Crippen molar-refractivity contribution in [2.45, 2.75) is 64.8 Å². The molecule has 0 aromatic carbocycles. The minimum absolute atomic E-state index is 0.00718. The van der Waals surface area contributed by atoms with Gasteiger partial charge in [-0.1, -0.05) is 26.7 Å². The molecule has 0 aliphatic carbocycles. The van der Waals surface area contributed by atoms with Crippen LogP contribution in [0.3, 0.4) is 0 Å². The summed E-state index contributed by atoms with van der Waals surface area (Å²) in [5, 5.41) is 8.11. The number of carbonyl (C=O) groups is 6. The van der Waals surface area contributed by atoms with Crippen LogP contribution in [0.5, 0.6) is 0 Å². The predicted octanol–water partition coefficient (Wildman–Crippen LogP) is 0.425. The normalized spacial score (nSPS) is 15.2. The average Bonchev–Trinajstić information content (AvgIpc) is 3.12. The fraction of sp³-hybridized carbons (Fsp3) is 0.667. The Morgan fingerprint density at radius 2 is 1.69 bits per heavy atom. The molecule has 1 aliphatic heterocycles. The monoisotopic (exact) mass is 494 g/mol. The summed E-state index contributed by atoms with van der Waals surface area (Å²) in [6.07, 6.45) is 5.56. The maximum absolute atomic E-state index is 13.0. The molecule has 0 saturated carbocycles. The molecular formula is C24H39N5O6. The SMILES string of the molecule is [2H]C(=O)CNC(=O)[C@H](CCCNC(N)=O)CC(=O)[C@@H](NCCCCCCN1C(=O)C=CC1=O)C(C)C. The molecule has 1 aliphatic rings. The van der Waals surface area contributed by atoms with Crippen LogP contribution in [0.4, 0.5) is 4.79 Å². The number of unbranched alkanes of at least 4 members (excludes halogenated alkanes) is 3. The molecule has 1 rings (SSSR count). The van der Waals surface area contributed by atoms with Crippen LogP contribution in [0, 0.1) is 11.8 Å². The Labute approximate surface area is 208 Å². The molecule has 0 aromatic rings. The van der Waals surface area contributed by atoms with Crippen molar-refractivity contribution in [3.05, 3.63) is 12.2 Å². The lowest BCUT2D eigenvalue weighted by Gasteiger charge is -2.24. The van der Waals surface area contributed by atoms with E-state index in [2.05, 4.69) is 16.0 Å². The number of primary amides is 1. The molecule has 0 radical (unpaired) electrons. The van der Waals surface area contributed by atoms with Gasteiger partial charge in [-0.2, -0.15) is 0 Å². The Morgan fingerprint density at radius 1 is 1.03 bits per heavy atom. The highest BCUT2D eigenvalue weighted by molar-refractivity contribution is 6.12. The zero-order valence-corrected chi connectivity index (χ0v) is 20.6. The van der Waals surface area contributed by atoms with Gasteiger partial charge in [0.15, 0.2) is 5.78 Å². The maximum Gasteiger partial charge on any atom is 0.312 e. The first kappa shape index (κ1) is 28.2. The van der Waals surface area contributed by atoms with Crippen molar-refractivity contribution in [3.8, 4) is 0 Å². The third-order valence-corrected chi connectivity index (χ3v) is 5.77. The molecule has 1 heterocycles. The highest BCUT2D eigenvalue weighted by Crippen LogP contribution is 2.16. The Morgan fingerprint density at radius 3 is 2.29 bits per heavy atom. The summed E-state index contributed by atoms with van der Waals surface area (Å²) in [5.41, 5.74) is 5.05. The summed E-state index contributed by atoms with van der Waals surface area (Å²) in [7, 11) is 0. The van der Waals surface area contributed by atoms with Gasteiger partial charge in [0.25, 0.3) is 11.8 Å². The van der Waals surface area contributed by atoms with Gasteiger partial charge in [0.1, 0.15) is 7.63 Å². The molecule has 0 bridgehead atoms. The van der Waals surface area contributed by atoms with E-state index in [4.69, 9.17) is 7.10 Å². The number of carbonyl (C=O) groups excluding carboxylic acids is 6. The third kappa shape index (κ3) is 11.7. The van der Waals surface area contributed by atoms with Crippen molar-refractivity contribution in [3.63, 3.8) is 0 Å². The van der Waals surface area contributed by atoms with E-state index >= 15 is 0 Å². The van der Waals surface area contributed by atoms with Crippen LogP contribution in [-0.4, -0.2) is 72.9 Å². The highest BCUT2D eigenvalue weighted by Gasteiger charge is 2.28. The van der Waals surface area contributed by atoms with Crippen molar-refractivity contribution >= 4 is 35.8 Å². The Kier molecular flexibility index (Phi) is 13.3. The van der Waals surface area contributed by atoms with Crippen LogP contribution < -0.4 is 21.7 Å². The third-order valence-electron chi connectivity index (χ3n) is 5.77. The zero-order chi connectivity index (χ0) is 27.1. The standard InChI is InChI=1S/C24H39N5O6/c1-17(2)22(26-11-5-3-4-6-14-29-20(32)9-10-21(29)33)19(31)16-18(23(34)27-13-15-30)8-7-12-28-24(25)35/h9-10,15,17-18,22,26H,3-8,11-14,16H2,1-2H3,(H,27,34)(H3,25,28,35)/t18-,22+/m1/s1/i15D. The van der Waals surface area contributed by atoms with Gasteiger partial charge in [0, 0.05) is 37.6 Å². The van der Waals surface area contributed by atoms with Crippen molar-refractivity contribution in [1.29, 1.82) is 0 Å².